The van der Waals surface area contributed by atoms with E-state index in [1.807, 2.05) is 24.3 Å². The van der Waals surface area contributed by atoms with Crippen LogP contribution in [-0.4, -0.2) is 48.5 Å². The summed E-state index contributed by atoms with van der Waals surface area (Å²) in [6, 6.07) is 10.9. The second kappa shape index (κ2) is 8.97. The molecule has 27 heavy (non-hydrogen) atoms. The van der Waals surface area contributed by atoms with E-state index < -0.39 is 5.97 Å². The number of hydrogen-bond acceptors (Lipinski definition) is 5. The van der Waals surface area contributed by atoms with Gasteiger partial charge in [0.2, 0.25) is 0 Å². The predicted octanol–water partition coefficient (Wildman–Crippen LogP) is 3.09. The first-order chi connectivity index (χ1) is 13.1. The van der Waals surface area contributed by atoms with Gasteiger partial charge in [0, 0.05) is 17.8 Å². The van der Waals surface area contributed by atoms with Gasteiger partial charge in [0.1, 0.15) is 5.69 Å². The van der Waals surface area contributed by atoms with E-state index in [4.69, 9.17) is 11.6 Å². The first-order valence-electron chi connectivity index (χ1n) is 8.90. The van der Waals surface area contributed by atoms with E-state index in [2.05, 4.69) is 19.9 Å². The number of pyridine rings is 1. The highest BCUT2D eigenvalue weighted by Crippen LogP contribution is 2.26. The van der Waals surface area contributed by atoms with Crippen molar-refractivity contribution in [1.29, 1.82) is 0 Å². The molecule has 2 heterocycles. The van der Waals surface area contributed by atoms with E-state index in [1.165, 1.54) is 25.4 Å². The van der Waals surface area contributed by atoms with Crippen LogP contribution >= 0.6 is 11.6 Å². The van der Waals surface area contributed by atoms with Crippen LogP contribution in [0, 0.1) is 0 Å². The molecular weight excluding hydrogens is 366 g/mol. The number of halogens is 1. The predicted molar refractivity (Wildman–Crippen MR) is 103 cm³/mol. The molecule has 1 aromatic heterocycles. The smallest absolute Gasteiger partial charge is 0.339 e. The zero-order valence-corrected chi connectivity index (χ0v) is 15.9. The molecule has 1 aliphatic heterocycles. The highest BCUT2D eigenvalue weighted by Gasteiger charge is 2.24. The van der Waals surface area contributed by atoms with Gasteiger partial charge in [-0.2, -0.15) is 0 Å². The van der Waals surface area contributed by atoms with E-state index in [-0.39, 0.29) is 17.6 Å². The molecule has 1 fully saturated rings. The third-order valence-electron chi connectivity index (χ3n) is 4.69. The van der Waals surface area contributed by atoms with Crippen LogP contribution in [0.25, 0.3) is 0 Å². The summed E-state index contributed by atoms with van der Waals surface area (Å²) in [5, 5.41) is 3.64. The molecule has 0 bridgehead atoms. The summed E-state index contributed by atoms with van der Waals surface area (Å²) in [6.07, 6.45) is 3.65. The summed E-state index contributed by atoms with van der Waals surface area (Å²) in [6.45, 7) is 2.46. The van der Waals surface area contributed by atoms with Crippen LogP contribution in [-0.2, 0) is 4.74 Å². The summed E-state index contributed by atoms with van der Waals surface area (Å²) < 4.78 is 4.64. The number of carbonyl (C=O) groups excluding carboxylic acids is 2. The molecule has 6 nitrogen and oxygen atoms in total. The number of benzene rings is 1. The van der Waals surface area contributed by atoms with E-state index in [0.717, 1.165) is 31.5 Å². The van der Waals surface area contributed by atoms with Crippen molar-refractivity contribution in [2.75, 3.05) is 26.7 Å². The number of rotatable bonds is 6. The van der Waals surface area contributed by atoms with Gasteiger partial charge >= 0.3 is 5.97 Å². The first-order valence-corrected chi connectivity index (χ1v) is 9.28. The lowest BCUT2D eigenvalue weighted by Crippen LogP contribution is -2.37. The second-order valence-corrected chi connectivity index (χ2v) is 6.88. The molecule has 1 atom stereocenters. The van der Waals surface area contributed by atoms with Crippen LogP contribution in [0.3, 0.4) is 0 Å². The minimum absolute atomic E-state index is 0.0597. The molecule has 1 aromatic carbocycles. The fourth-order valence-corrected chi connectivity index (χ4v) is 3.47. The lowest BCUT2D eigenvalue weighted by Gasteiger charge is -2.28. The Hall–Kier alpha value is -2.44. The zero-order chi connectivity index (χ0) is 19.2. The lowest BCUT2D eigenvalue weighted by molar-refractivity contribution is 0.0599. The van der Waals surface area contributed by atoms with Gasteiger partial charge in [-0.05, 0) is 55.8 Å². The Morgan fingerprint density at radius 1 is 1.26 bits per heavy atom. The van der Waals surface area contributed by atoms with Gasteiger partial charge in [-0.1, -0.05) is 23.7 Å². The number of likely N-dealkylation sites (tertiary alicyclic amines) is 1. The fourth-order valence-electron chi connectivity index (χ4n) is 3.27. The van der Waals surface area contributed by atoms with Crippen LogP contribution in [0.5, 0.6) is 0 Å². The number of nitrogens with zero attached hydrogens (tertiary/aromatic N) is 2. The topological polar surface area (TPSA) is 71.5 Å². The summed E-state index contributed by atoms with van der Waals surface area (Å²) in [7, 11) is 1.30. The van der Waals surface area contributed by atoms with Crippen molar-refractivity contribution in [2.24, 2.45) is 0 Å². The number of nitrogens with one attached hydrogen (secondary N) is 1. The molecule has 0 aliphatic carbocycles. The Morgan fingerprint density at radius 3 is 2.67 bits per heavy atom. The van der Waals surface area contributed by atoms with Crippen molar-refractivity contribution in [2.45, 2.75) is 18.9 Å². The molecule has 0 spiro atoms. The van der Waals surface area contributed by atoms with Gasteiger partial charge in [0.15, 0.2) is 0 Å². The first kappa shape index (κ1) is 19.3. The maximum atomic E-state index is 12.5. The average molecular weight is 388 g/mol. The lowest BCUT2D eigenvalue weighted by atomic mass is 10.1. The van der Waals surface area contributed by atoms with Crippen LogP contribution < -0.4 is 5.32 Å². The van der Waals surface area contributed by atoms with Crippen molar-refractivity contribution in [3.63, 3.8) is 0 Å². The van der Waals surface area contributed by atoms with Crippen molar-refractivity contribution in [1.82, 2.24) is 15.2 Å². The maximum Gasteiger partial charge on any atom is 0.339 e. The number of carbonyl (C=O) groups is 2. The van der Waals surface area contributed by atoms with Crippen molar-refractivity contribution in [3.05, 3.63) is 64.4 Å². The molecular formula is C20H22ClN3O3. The number of amides is 1. The van der Waals surface area contributed by atoms with Crippen LogP contribution in [0.1, 0.15) is 45.3 Å². The third-order valence-corrected chi connectivity index (χ3v) is 4.92. The molecule has 7 heteroatoms. The zero-order valence-electron chi connectivity index (χ0n) is 15.2. The van der Waals surface area contributed by atoms with Crippen molar-refractivity contribution in [3.8, 4) is 0 Å². The highest BCUT2D eigenvalue weighted by atomic mass is 35.5. The second-order valence-electron chi connectivity index (χ2n) is 6.45. The molecule has 0 radical (unpaired) electrons. The fraction of sp³-hybridized carbons (Fsp3) is 0.350. The summed E-state index contributed by atoms with van der Waals surface area (Å²) in [5.41, 5.74) is 1.65. The van der Waals surface area contributed by atoms with Crippen molar-refractivity contribution >= 4 is 23.5 Å². The molecule has 1 amide bonds. The van der Waals surface area contributed by atoms with E-state index >= 15 is 0 Å². The van der Waals surface area contributed by atoms with Gasteiger partial charge < -0.3 is 10.1 Å². The number of methoxy groups -OCH3 is 1. The summed E-state index contributed by atoms with van der Waals surface area (Å²) in [4.78, 5) is 30.4. The monoisotopic (exact) mass is 387 g/mol. The molecule has 1 N–H and O–H groups in total. The number of esters is 1. The molecule has 0 saturated carbocycles. The van der Waals surface area contributed by atoms with Crippen molar-refractivity contribution < 1.29 is 14.3 Å². The number of ether oxygens (including phenoxy) is 1. The summed E-state index contributed by atoms with van der Waals surface area (Å²) >= 11 is 6.15. The Labute approximate surface area is 163 Å². The molecule has 1 saturated heterocycles. The van der Waals surface area contributed by atoms with E-state index in [9.17, 15) is 9.59 Å². The van der Waals surface area contributed by atoms with Crippen LogP contribution in [0.2, 0.25) is 5.02 Å². The normalized spacial score (nSPS) is 15.3. The van der Waals surface area contributed by atoms with Gasteiger partial charge in [0.05, 0.1) is 18.7 Å². The van der Waals surface area contributed by atoms with Gasteiger partial charge in [-0.15, -0.1) is 0 Å². The molecule has 3 rings (SSSR count). The molecule has 142 valence electrons. The maximum absolute atomic E-state index is 12.5. The van der Waals surface area contributed by atoms with E-state index in [0.29, 0.717) is 17.1 Å². The Kier molecular flexibility index (Phi) is 6.42. The number of aromatic nitrogens is 1. The average Bonchev–Trinajstić information content (AvgIpc) is 3.22. The van der Waals surface area contributed by atoms with Gasteiger partial charge in [-0.25, -0.2) is 4.79 Å². The van der Waals surface area contributed by atoms with E-state index in [1.54, 1.807) is 0 Å². The molecule has 1 aliphatic rings. The molecule has 1 unspecified atom stereocenters. The SMILES string of the molecule is COC(=O)c1ccc(C(=O)NCC(c2cccc(Cl)c2)N2CCCC2)nc1. The Bertz CT molecular complexity index is 804. The minimum atomic E-state index is -0.482. The van der Waals surface area contributed by atoms with Gasteiger partial charge in [-0.3, -0.25) is 14.7 Å². The quantitative estimate of drug-likeness (QED) is 0.771. The summed E-state index contributed by atoms with van der Waals surface area (Å²) in [5.74, 6) is -0.762. The Morgan fingerprint density at radius 2 is 2.04 bits per heavy atom. The molecule has 2 aromatic rings. The highest BCUT2D eigenvalue weighted by molar-refractivity contribution is 6.30. The van der Waals surface area contributed by atoms with Crippen LogP contribution in [0.4, 0.5) is 0 Å². The largest absolute Gasteiger partial charge is 0.465 e. The Balaban J connectivity index is 1.69. The number of hydrogen-bond donors (Lipinski definition) is 1. The van der Waals surface area contributed by atoms with Crippen LogP contribution in [0.15, 0.2) is 42.6 Å². The standard InChI is InChI=1S/C20H22ClN3O3/c1-27-20(26)15-7-8-17(22-12-15)19(25)23-13-18(24-9-2-3-10-24)14-5-4-6-16(21)11-14/h4-8,11-12,18H,2-3,9-10,13H2,1H3,(H,23,25). The minimum Gasteiger partial charge on any atom is -0.465 e. The van der Waals surface area contributed by atoms with Gasteiger partial charge in [0.25, 0.3) is 5.91 Å². The third kappa shape index (κ3) is 4.84.